The lowest BCUT2D eigenvalue weighted by molar-refractivity contribution is 0.00137. The topological polar surface area (TPSA) is 66.8 Å². The minimum Gasteiger partial charge on any atom is -0.491 e. The summed E-state index contributed by atoms with van der Waals surface area (Å²) in [5, 5.41) is 19.1. The number of hydrogen-bond donors (Lipinski definition) is 2. The van der Waals surface area contributed by atoms with Crippen molar-refractivity contribution in [3.63, 3.8) is 0 Å². The second-order valence-corrected chi connectivity index (χ2v) is 5.00. The highest BCUT2D eigenvalue weighted by atomic mass is 16.5. The summed E-state index contributed by atoms with van der Waals surface area (Å²) in [5.74, 6) is -0.328. The molecular weight excluding hydrogens is 232 g/mol. The van der Waals surface area contributed by atoms with Crippen molar-refractivity contribution in [3.8, 4) is 5.75 Å². The Balaban J connectivity index is 2.02. The Morgan fingerprint density at radius 1 is 1.39 bits per heavy atom. The van der Waals surface area contributed by atoms with E-state index in [4.69, 9.17) is 9.84 Å². The summed E-state index contributed by atoms with van der Waals surface area (Å²) < 4.78 is 5.57. The van der Waals surface area contributed by atoms with Crippen molar-refractivity contribution in [2.45, 2.75) is 38.2 Å². The van der Waals surface area contributed by atoms with E-state index >= 15 is 0 Å². The number of aromatic carboxylic acids is 1. The summed E-state index contributed by atoms with van der Waals surface area (Å²) in [6, 6.07) is 4.86. The lowest BCUT2D eigenvalue weighted by atomic mass is 10.0. The van der Waals surface area contributed by atoms with Gasteiger partial charge in [0.15, 0.2) is 0 Å². The first-order valence-electron chi connectivity index (χ1n) is 6.19. The van der Waals surface area contributed by atoms with Crippen LogP contribution >= 0.6 is 0 Å². The molecule has 1 saturated carbocycles. The Morgan fingerprint density at radius 3 is 2.61 bits per heavy atom. The van der Waals surface area contributed by atoms with Gasteiger partial charge >= 0.3 is 5.97 Å². The van der Waals surface area contributed by atoms with Crippen LogP contribution in [0.4, 0.5) is 0 Å². The van der Waals surface area contributed by atoms with Crippen molar-refractivity contribution < 1.29 is 19.7 Å². The number of rotatable bonds is 4. The summed E-state index contributed by atoms with van der Waals surface area (Å²) in [4.78, 5) is 10.9. The van der Waals surface area contributed by atoms with Crippen LogP contribution < -0.4 is 4.74 Å². The second kappa shape index (κ2) is 4.98. The fourth-order valence-electron chi connectivity index (χ4n) is 2.36. The molecule has 98 valence electrons. The standard InChI is InChI=1S/C14H18O4/c1-10-8-11(4-5-12(10)13(15)16)18-9-14(17)6-2-3-7-14/h4-5,8,17H,2-3,6-7,9H2,1H3,(H,15,16). The molecule has 1 aliphatic carbocycles. The Hall–Kier alpha value is -1.55. The third-order valence-electron chi connectivity index (χ3n) is 3.47. The fourth-order valence-corrected chi connectivity index (χ4v) is 2.36. The highest BCUT2D eigenvalue weighted by Gasteiger charge is 2.31. The average Bonchev–Trinajstić information content (AvgIpc) is 2.74. The maximum atomic E-state index is 10.9. The smallest absolute Gasteiger partial charge is 0.335 e. The summed E-state index contributed by atoms with van der Waals surface area (Å²) in [5.41, 5.74) is 0.236. The van der Waals surface area contributed by atoms with E-state index in [1.165, 1.54) is 6.07 Å². The summed E-state index contributed by atoms with van der Waals surface area (Å²) in [6.45, 7) is 2.01. The van der Waals surface area contributed by atoms with E-state index in [-0.39, 0.29) is 12.2 Å². The van der Waals surface area contributed by atoms with Gasteiger partial charge in [-0.1, -0.05) is 12.8 Å². The first kappa shape index (κ1) is 12.9. The number of carboxylic acids is 1. The Morgan fingerprint density at radius 2 is 2.06 bits per heavy atom. The van der Waals surface area contributed by atoms with Crippen LogP contribution in [0.1, 0.15) is 41.6 Å². The average molecular weight is 250 g/mol. The zero-order valence-electron chi connectivity index (χ0n) is 10.5. The molecule has 0 spiro atoms. The summed E-state index contributed by atoms with van der Waals surface area (Å²) >= 11 is 0. The van der Waals surface area contributed by atoms with Gasteiger partial charge in [-0.25, -0.2) is 4.79 Å². The molecule has 1 aromatic rings. The van der Waals surface area contributed by atoms with E-state index in [9.17, 15) is 9.90 Å². The molecule has 0 atom stereocenters. The number of carbonyl (C=O) groups is 1. The zero-order valence-corrected chi connectivity index (χ0v) is 10.5. The SMILES string of the molecule is Cc1cc(OCC2(O)CCCC2)ccc1C(=O)O. The molecule has 0 saturated heterocycles. The van der Waals surface area contributed by atoms with Crippen molar-refractivity contribution in [3.05, 3.63) is 29.3 Å². The van der Waals surface area contributed by atoms with Crippen LogP contribution in [0.25, 0.3) is 0 Å². The van der Waals surface area contributed by atoms with Gasteiger partial charge in [-0.05, 0) is 43.5 Å². The highest BCUT2D eigenvalue weighted by molar-refractivity contribution is 5.89. The number of aryl methyl sites for hydroxylation is 1. The molecule has 0 aliphatic heterocycles. The van der Waals surface area contributed by atoms with Crippen LogP contribution in [0, 0.1) is 6.92 Å². The molecule has 0 aromatic heterocycles. The normalized spacial score (nSPS) is 17.7. The van der Waals surface area contributed by atoms with Gasteiger partial charge < -0.3 is 14.9 Å². The van der Waals surface area contributed by atoms with Gasteiger partial charge in [0.1, 0.15) is 12.4 Å². The van der Waals surface area contributed by atoms with Crippen LogP contribution in [0.15, 0.2) is 18.2 Å². The number of carboxylic acid groups (broad SMARTS) is 1. The molecular formula is C14H18O4. The molecule has 1 fully saturated rings. The van der Waals surface area contributed by atoms with Crippen molar-refractivity contribution in [1.82, 2.24) is 0 Å². The van der Waals surface area contributed by atoms with Crippen molar-refractivity contribution in [2.75, 3.05) is 6.61 Å². The maximum Gasteiger partial charge on any atom is 0.335 e. The molecule has 18 heavy (non-hydrogen) atoms. The van der Waals surface area contributed by atoms with Crippen molar-refractivity contribution in [1.29, 1.82) is 0 Å². The number of ether oxygens (including phenoxy) is 1. The predicted molar refractivity (Wildman–Crippen MR) is 67.1 cm³/mol. The largest absolute Gasteiger partial charge is 0.491 e. The monoisotopic (exact) mass is 250 g/mol. The van der Waals surface area contributed by atoms with Crippen LogP contribution in [-0.2, 0) is 0 Å². The van der Waals surface area contributed by atoms with Crippen molar-refractivity contribution >= 4 is 5.97 Å². The first-order valence-corrected chi connectivity index (χ1v) is 6.19. The molecule has 1 aliphatic rings. The third-order valence-corrected chi connectivity index (χ3v) is 3.47. The molecule has 1 aromatic carbocycles. The highest BCUT2D eigenvalue weighted by Crippen LogP contribution is 2.30. The molecule has 4 nitrogen and oxygen atoms in total. The fraction of sp³-hybridized carbons (Fsp3) is 0.500. The van der Waals surface area contributed by atoms with Crippen LogP contribution in [0.5, 0.6) is 5.75 Å². The van der Waals surface area contributed by atoms with E-state index in [1.54, 1.807) is 19.1 Å². The van der Waals surface area contributed by atoms with Gasteiger partial charge in [-0.15, -0.1) is 0 Å². The molecule has 4 heteroatoms. The van der Waals surface area contributed by atoms with Gasteiger partial charge in [0.25, 0.3) is 0 Å². The molecule has 0 radical (unpaired) electrons. The molecule has 0 bridgehead atoms. The van der Waals surface area contributed by atoms with Crippen LogP contribution in [0.3, 0.4) is 0 Å². The van der Waals surface area contributed by atoms with E-state index in [0.717, 1.165) is 25.7 Å². The Kier molecular flexibility index (Phi) is 3.57. The van der Waals surface area contributed by atoms with Crippen LogP contribution in [0.2, 0.25) is 0 Å². The molecule has 2 rings (SSSR count). The summed E-state index contributed by atoms with van der Waals surface area (Å²) in [7, 11) is 0. The van der Waals surface area contributed by atoms with Gasteiger partial charge in [0, 0.05) is 0 Å². The lowest BCUT2D eigenvalue weighted by Crippen LogP contribution is -2.32. The molecule has 0 heterocycles. The Bertz CT molecular complexity index is 447. The Labute approximate surface area is 106 Å². The number of benzene rings is 1. The minimum atomic E-state index is -0.937. The van der Waals surface area contributed by atoms with E-state index in [2.05, 4.69) is 0 Å². The maximum absolute atomic E-state index is 10.9. The molecule has 0 amide bonds. The minimum absolute atomic E-state index is 0.277. The van der Waals surface area contributed by atoms with Gasteiger partial charge in [0.05, 0.1) is 11.2 Å². The second-order valence-electron chi connectivity index (χ2n) is 5.00. The van der Waals surface area contributed by atoms with Gasteiger partial charge in [-0.2, -0.15) is 0 Å². The van der Waals surface area contributed by atoms with E-state index in [1.807, 2.05) is 0 Å². The molecule has 0 unspecified atom stereocenters. The third kappa shape index (κ3) is 2.82. The van der Waals surface area contributed by atoms with Gasteiger partial charge in [0.2, 0.25) is 0 Å². The van der Waals surface area contributed by atoms with E-state index in [0.29, 0.717) is 11.3 Å². The van der Waals surface area contributed by atoms with E-state index < -0.39 is 11.6 Å². The number of aliphatic hydroxyl groups is 1. The quantitative estimate of drug-likeness (QED) is 0.861. The lowest BCUT2D eigenvalue weighted by Gasteiger charge is -2.22. The summed E-state index contributed by atoms with van der Waals surface area (Å²) in [6.07, 6.45) is 3.63. The van der Waals surface area contributed by atoms with Gasteiger partial charge in [-0.3, -0.25) is 0 Å². The first-order chi connectivity index (χ1) is 8.50. The van der Waals surface area contributed by atoms with Crippen molar-refractivity contribution in [2.24, 2.45) is 0 Å². The predicted octanol–water partition coefficient (Wildman–Crippen LogP) is 2.38. The van der Waals surface area contributed by atoms with Crippen LogP contribution in [-0.4, -0.2) is 28.4 Å². The zero-order chi connectivity index (χ0) is 13.2. The molecule has 2 N–H and O–H groups in total. The number of hydrogen-bond acceptors (Lipinski definition) is 3.